The third-order valence-electron chi connectivity index (χ3n) is 1.07. The van der Waals surface area contributed by atoms with Gasteiger partial charge in [-0.1, -0.05) is 0 Å². The normalized spacial score (nSPS) is 13.0. The van der Waals surface area contributed by atoms with Crippen molar-refractivity contribution < 1.29 is 7.62 Å². The Labute approximate surface area is 60.2 Å². The van der Waals surface area contributed by atoms with Gasteiger partial charge in [-0.25, -0.2) is 0 Å². The van der Waals surface area contributed by atoms with E-state index in [2.05, 4.69) is 0 Å². The number of hydrogen-bond acceptors (Lipinski definition) is 3. The molecule has 0 saturated heterocycles. The fourth-order valence-electron chi connectivity index (χ4n) is 0.565. The van der Waals surface area contributed by atoms with Crippen molar-refractivity contribution in [1.82, 2.24) is 0 Å². The Balaban J connectivity index is 2.76. The highest BCUT2D eigenvalue weighted by Gasteiger charge is 1.97. The molecular weight excluding hydrogens is 134 g/mol. The predicted molar refractivity (Wildman–Crippen MR) is 37.6 cm³/mol. The van der Waals surface area contributed by atoms with Crippen molar-refractivity contribution in [3.63, 3.8) is 0 Å². The van der Waals surface area contributed by atoms with Crippen LogP contribution < -0.4 is 5.72 Å². The molecule has 0 atom stereocenters. The van der Waals surface area contributed by atoms with Gasteiger partial charge >= 0.3 is 0 Å². The molecule has 0 fully saturated rings. The smallest absolute Gasteiger partial charge is 0.151 e. The summed E-state index contributed by atoms with van der Waals surface area (Å²) in [6.45, 7) is 0.178. The average molecular weight is 143 g/mol. The van der Waals surface area contributed by atoms with Gasteiger partial charge in [0.1, 0.15) is 2.82 Å². The molecule has 1 heterocycles. The first-order chi connectivity index (χ1) is 5.24. The Morgan fingerprint density at radius 2 is 2.78 bits per heavy atom. The van der Waals surface area contributed by atoms with Crippen LogP contribution in [0.25, 0.3) is 0 Å². The van der Waals surface area contributed by atoms with Crippen LogP contribution in [-0.2, 0) is 6.54 Å². The van der Waals surface area contributed by atoms with E-state index in [0.29, 0.717) is 11.3 Å². The summed E-state index contributed by atoms with van der Waals surface area (Å²) in [5, 5.41) is 3.49. The molecule has 0 spiro atoms. The minimum absolute atomic E-state index is 0.178. The molecule has 0 unspecified atom stereocenters. The molecule has 0 aliphatic heterocycles. The first kappa shape index (κ1) is 4.19. The second-order valence-corrected chi connectivity index (χ2v) is 2.37. The summed E-state index contributed by atoms with van der Waals surface area (Å²) in [4.78, 5) is 10.3. The van der Waals surface area contributed by atoms with Gasteiger partial charge in [0.05, 0.1) is 0 Å². The summed E-state index contributed by atoms with van der Waals surface area (Å²) >= 11 is 1.41. The summed E-state index contributed by atoms with van der Waals surface area (Å²) < 4.78 is 13.6. The third-order valence-corrected chi connectivity index (χ3v) is 1.88. The van der Waals surface area contributed by atoms with Gasteiger partial charge in [0.25, 0.3) is 0 Å². The molecule has 0 bridgehead atoms. The van der Waals surface area contributed by atoms with E-state index in [4.69, 9.17) is 2.82 Å². The maximum absolute atomic E-state index is 10.3. The molecule has 2 nitrogen and oxygen atoms in total. The minimum atomic E-state index is 0.178. The first-order valence-corrected chi connectivity index (χ1v) is 3.44. The lowest BCUT2D eigenvalue weighted by molar-refractivity contribution is 0.112. The third kappa shape index (κ3) is 1.17. The van der Waals surface area contributed by atoms with E-state index in [-0.39, 0.29) is 6.54 Å². The van der Waals surface area contributed by atoms with E-state index in [9.17, 15) is 4.79 Å². The van der Waals surface area contributed by atoms with E-state index in [1.807, 2.05) is 0 Å². The second-order valence-electron chi connectivity index (χ2n) is 1.63. The van der Waals surface area contributed by atoms with E-state index >= 15 is 0 Å². The zero-order chi connectivity index (χ0) is 8.27. The number of aldehydes is 1. The van der Waals surface area contributed by atoms with E-state index in [1.165, 1.54) is 11.3 Å². The Bertz CT molecular complexity index is 248. The molecule has 0 aliphatic carbocycles. The molecule has 0 radical (unpaired) electrons. The number of carbonyl (C=O) groups excluding carboxylic acids is 1. The molecule has 1 aromatic rings. The molecular formula is C6H7NOS. The molecule has 0 saturated carbocycles. The van der Waals surface area contributed by atoms with Gasteiger partial charge in [-0.05, 0) is 10.9 Å². The average Bonchev–Trinajstić information content (AvgIpc) is 2.34. The Kier molecular flexibility index (Phi) is 1.28. The molecule has 2 N–H and O–H groups in total. The van der Waals surface area contributed by atoms with Crippen LogP contribution in [0.4, 0.5) is 0 Å². The van der Waals surface area contributed by atoms with Crippen molar-refractivity contribution in [1.29, 1.82) is 0 Å². The topological polar surface area (TPSA) is 43.1 Å². The van der Waals surface area contributed by atoms with Crippen molar-refractivity contribution in [2.75, 3.05) is 0 Å². The zero-order valence-corrected chi connectivity index (χ0v) is 5.52. The lowest BCUT2D eigenvalue weighted by Crippen LogP contribution is -1.96. The second kappa shape index (κ2) is 2.75. The number of nitrogens with two attached hydrogens (primary N) is 1. The van der Waals surface area contributed by atoms with E-state index in [1.54, 1.807) is 10.8 Å². The van der Waals surface area contributed by atoms with Gasteiger partial charge in [0.15, 0.2) is 6.29 Å². The number of hydrogen-bond donors (Lipinski definition) is 1. The number of thiophene rings is 1. The molecule has 1 aromatic heterocycles. The lowest BCUT2D eigenvalue weighted by atomic mass is 10.2. The van der Waals surface area contributed by atoms with Crippen molar-refractivity contribution in [3.05, 3.63) is 21.9 Å². The van der Waals surface area contributed by atoms with Crippen molar-refractivity contribution in [2.24, 2.45) is 5.72 Å². The van der Waals surface area contributed by atoms with Crippen LogP contribution >= 0.6 is 11.3 Å². The zero-order valence-electron chi connectivity index (χ0n) is 6.70. The monoisotopic (exact) mass is 143 g/mol. The van der Waals surface area contributed by atoms with Crippen LogP contribution in [0.3, 0.4) is 0 Å². The fraction of sp³-hybridized carbons (Fsp3) is 0.167. The van der Waals surface area contributed by atoms with Crippen LogP contribution in [0, 0.1) is 0 Å². The van der Waals surface area contributed by atoms with Crippen molar-refractivity contribution in [3.8, 4) is 0 Å². The largest absolute Gasteiger partial charge is 0.326 e. The van der Waals surface area contributed by atoms with Gasteiger partial charge < -0.3 is 5.72 Å². The molecule has 0 amide bonds. The van der Waals surface area contributed by atoms with Crippen molar-refractivity contribution in [2.45, 2.75) is 6.54 Å². The SMILES string of the molecule is [2H]N([2H])Cc1cscc1C=O. The van der Waals surface area contributed by atoms with Gasteiger partial charge in [0.2, 0.25) is 0 Å². The Morgan fingerprint density at radius 3 is 3.44 bits per heavy atom. The van der Waals surface area contributed by atoms with Crippen LogP contribution in [0.1, 0.15) is 15.9 Å². The van der Waals surface area contributed by atoms with Crippen LogP contribution in [-0.4, -0.2) is 6.29 Å². The first-order valence-electron chi connectivity index (χ1n) is 3.39. The van der Waals surface area contributed by atoms with Crippen LogP contribution in [0.2, 0.25) is 2.82 Å². The van der Waals surface area contributed by atoms with Gasteiger partial charge in [-0.15, -0.1) is 0 Å². The molecule has 0 aromatic carbocycles. The number of carbonyl (C=O) groups is 1. The lowest BCUT2D eigenvalue weighted by Gasteiger charge is -1.87. The minimum Gasteiger partial charge on any atom is -0.326 e. The maximum Gasteiger partial charge on any atom is 0.151 e. The quantitative estimate of drug-likeness (QED) is 0.642. The molecule has 3 heteroatoms. The van der Waals surface area contributed by atoms with Gasteiger partial charge in [-0.2, -0.15) is 11.3 Å². The highest BCUT2D eigenvalue weighted by molar-refractivity contribution is 7.08. The highest BCUT2D eigenvalue weighted by Crippen LogP contribution is 2.11. The summed E-state index contributed by atoms with van der Waals surface area (Å²) in [6, 6.07) is 0. The van der Waals surface area contributed by atoms with Crippen LogP contribution in [0.15, 0.2) is 10.8 Å². The molecule has 48 valence electrons. The van der Waals surface area contributed by atoms with Crippen molar-refractivity contribution >= 4 is 17.6 Å². The Morgan fingerprint density at radius 1 is 1.89 bits per heavy atom. The fourth-order valence-corrected chi connectivity index (χ4v) is 1.36. The molecule has 0 aliphatic rings. The maximum atomic E-state index is 10.3. The summed E-state index contributed by atoms with van der Waals surface area (Å²) in [5.41, 5.74) is 1.88. The summed E-state index contributed by atoms with van der Waals surface area (Å²) in [7, 11) is 0. The van der Waals surface area contributed by atoms with Crippen LogP contribution in [0.5, 0.6) is 0 Å². The number of rotatable bonds is 3. The molecule has 1 rings (SSSR count). The van der Waals surface area contributed by atoms with Gasteiger partial charge in [0, 0.05) is 17.5 Å². The van der Waals surface area contributed by atoms with E-state index < -0.39 is 0 Å². The standard InChI is InChI=1S/C6H7NOS/c7-1-5-3-9-4-6(5)2-8/h2-4H,1,7H2/i/hD2. The molecule has 9 heavy (non-hydrogen) atoms. The van der Waals surface area contributed by atoms with E-state index in [0.717, 1.165) is 11.8 Å². The predicted octanol–water partition coefficient (Wildman–Crippen LogP) is 1.02. The van der Waals surface area contributed by atoms with Gasteiger partial charge in [-0.3, -0.25) is 4.79 Å². The summed E-state index contributed by atoms with van der Waals surface area (Å²) in [6.07, 6.45) is 0.745. The summed E-state index contributed by atoms with van der Waals surface area (Å²) in [5.74, 6) is 0. The highest BCUT2D eigenvalue weighted by atomic mass is 32.1. The Hall–Kier alpha value is -0.670.